The van der Waals surface area contributed by atoms with Gasteiger partial charge in [-0.15, -0.1) is 0 Å². The lowest BCUT2D eigenvalue weighted by atomic mass is 10.0. The van der Waals surface area contributed by atoms with Crippen LogP contribution in [0.1, 0.15) is 109 Å². The number of amides is 2. The highest BCUT2D eigenvalue weighted by atomic mass is 32.1. The zero-order valence-electron chi connectivity index (χ0n) is 44.4. The number of thiocarbonyl (C=S) groups is 2. The number of ether oxygens (including phenoxy) is 4. The zero-order chi connectivity index (χ0) is 57.9. The van der Waals surface area contributed by atoms with Gasteiger partial charge in [0, 0.05) is 35.3 Å². The fourth-order valence-corrected chi connectivity index (χ4v) is 9.67. The predicted molar refractivity (Wildman–Crippen MR) is 294 cm³/mol. The summed E-state index contributed by atoms with van der Waals surface area (Å²) < 4.78 is 76.2. The molecule has 4 heterocycles. The third-order valence-corrected chi connectivity index (χ3v) is 13.2. The summed E-state index contributed by atoms with van der Waals surface area (Å²) in [5, 5.41) is 28.9. The molecule has 0 radical (unpaired) electrons. The van der Waals surface area contributed by atoms with E-state index < -0.39 is 58.6 Å². The van der Waals surface area contributed by atoms with Crippen molar-refractivity contribution in [2.24, 2.45) is 0 Å². The highest BCUT2D eigenvalue weighted by molar-refractivity contribution is 7.81. The summed E-state index contributed by atoms with van der Waals surface area (Å²) in [7, 11) is 0. The van der Waals surface area contributed by atoms with Gasteiger partial charge in [0.2, 0.25) is 11.8 Å². The van der Waals surface area contributed by atoms with Crippen LogP contribution in [0.2, 0.25) is 0 Å². The quantitative estimate of drug-likeness (QED) is 0.0437. The smallest absolute Gasteiger partial charge is 0.475 e. The second-order valence-corrected chi connectivity index (χ2v) is 20.5. The fraction of sp³-hybridized carbons (Fsp3) is 0.364. The Morgan fingerprint density at radius 2 is 1.05 bits per heavy atom. The van der Waals surface area contributed by atoms with E-state index in [-0.39, 0.29) is 65.0 Å². The monoisotopic (exact) mass is 1120 g/mol. The molecule has 79 heavy (non-hydrogen) atoms. The molecule has 0 saturated carbocycles. The molecule has 24 heteroatoms. The van der Waals surface area contributed by atoms with Crippen LogP contribution in [0.5, 0.6) is 11.8 Å². The maximum Gasteiger partial charge on any atom is 0.508 e. The van der Waals surface area contributed by atoms with E-state index in [9.17, 15) is 42.3 Å². The van der Waals surface area contributed by atoms with E-state index in [2.05, 4.69) is 19.9 Å². The first-order valence-electron chi connectivity index (χ1n) is 24.7. The average molecular weight is 1120 g/mol. The highest BCUT2D eigenvalue weighted by Gasteiger charge is 2.52. The van der Waals surface area contributed by atoms with Crippen molar-refractivity contribution in [3.63, 3.8) is 0 Å². The van der Waals surface area contributed by atoms with Crippen molar-refractivity contribution < 1.29 is 56.0 Å². The number of aryl methyl sites for hydroxylation is 2. The van der Waals surface area contributed by atoms with E-state index in [1.165, 1.54) is 34.1 Å². The third-order valence-electron chi connectivity index (χ3n) is 12.4. The Labute approximate surface area is 463 Å². The summed E-state index contributed by atoms with van der Waals surface area (Å²) in [6, 6.07) is 21.6. The lowest BCUT2D eigenvalue weighted by Crippen LogP contribution is -2.44. The molecule has 0 atom stereocenters. The summed E-state index contributed by atoms with van der Waals surface area (Å²) in [6.45, 7) is 15.5. The zero-order valence-corrected chi connectivity index (χ0v) is 46.1. The normalized spacial score (nSPS) is 15.0. The first kappa shape index (κ1) is 58.5. The molecule has 412 valence electrons. The molecule has 2 amide bonds. The third kappa shape index (κ3) is 12.0. The lowest BCUT2D eigenvalue weighted by Gasteiger charge is -2.29. The van der Waals surface area contributed by atoms with E-state index in [0.717, 1.165) is 12.1 Å². The number of nitriles is 2. The Morgan fingerprint density at radius 3 is 1.42 bits per heavy atom. The van der Waals surface area contributed by atoms with Gasteiger partial charge in [0.05, 0.1) is 63.1 Å². The van der Waals surface area contributed by atoms with Crippen LogP contribution in [0.15, 0.2) is 72.8 Å². The Balaban J connectivity index is 0.000000232. The predicted octanol–water partition coefficient (Wildman–Crippen LogP) is 10.5. The number of rotatable bonds is 15. The van der Waals surface area contributed by atoms with E-state index in [1.807, 2.05) is 13.8 Å². The molecule has 0 unspecified atom stereocenters. The maximum absolute atomic E-state index is 13.7. The Bertz CT molecular complexity index is 3490. The number of hydrogen-bond acceptors (Lipinski definition) is 16. The van der Waals surface area contributed by atoms with E-state index in [1.54, 1.807) is 107 Å². The molecule has 8 rings (SSSR count). The van der Waals surface area contributed by atoms with Crippen molar-refractivity contribution in [1.29, 1.82) is 10.5 Å². The first-order chi connectivity index (χ1) is 37.3. The van der Waals surface area contributed by atoms with Crippen LogP contribution < -0.4 is 29.1 Å². The number of aliphatic hydroxyl groups is 1. The van der Waals surface area contributed by atoms with Crippen LogP contribution >= 0.6 is 24.4 Å². The van der Waals surface area contributed by atoms with Crippen LogP contribution in [0, 0.1) is 22.7 Å². The summed E-state index contributed by atoms with van der Waals surface area (Å²) in [5.41, 5.74) is -1.80. The molecule has 2 aliphatic heterocycles. The Kier molecular flexibility index (Phi) is 17.3. The largest absolute Gasteiger partial charge is 0.508 e. The van der Waals surface area contributed by atoms with E-state index in [4.69, 9.17) is 48.6 Å². The molecular weight excluding hydrogens is 1070 g/mol. The van der Waals surface area contributed by atoms with Gasteiger partial charge in [-0.2, -0.15) is 20.5 Å². The topological polar surface area (TPSA) is 220 Å². The number of aliphatic hydroxyl groups excluding tert-OH is 1. The van der Waals surface area contributed by atoms with Gasteiger partial charge in [-0.3, -0.25) is 19.4 Å². The molecule has 0 spiro atoms. The van der Waals surface area contributed by atoms with Crippen LogP contribution in [-0.4, -0.2) is 96.3 Å². The number of halogens is 4. The van der Waals surface area contributed by atoms with Gasteiger partial charge in [-0.05, 0) is 146 Å². The number of fused-ring (bicyclic) bond motifs is 2. The molecule has 18 nitrogen and oxygen atoms in total. The first-order valence-corrected chi connectivity index (χ1v) is 25.5. The highest BCUT2D eigenvalue weighted by Crippen LogP contribution is 2.42. The van der Waals surface area contributed by atoms with Crippen molar-refractivity contribution >= 4 is 97.2 Å². The minimum Gasteiger partial charge on any atom is -0.475 e. The van der Waals surface area contributed by atoms with E-state index >= 15 is 0 Å². The molecule has 2 fully saturated rings. The second-order valence-electron chi connectivity index (χ2n) is 19.7. The number of anilines is 4. The standard InChI is InChI=1S/C30H31F2N5O5S.C25H23F2N5O3S/c1-7-23-34-22-11-10-19(15-21(22)25(35-23)40-12-13-41-28(39)42-29(2,3)4)37-27(43)36(26(38)30(37,5)6)18-9-8-17(16-33)20(14-18)24(31)32;1-4-20-29-19-8-7-16(12-18(19)22(30-20)35-10-9-33)32-24(36)31(23(34)25(32,2)3)15-6-5-14(13-28)17(11-15)21(26)27/h8-11,14-15,24H,7,12-13H2,1-6H3;5-8,11-12,21,33H,4,9-10H2,1-3H3. The van der Waals surface area contributed by atoms with Gasteiger partial charge >= 0.3 is 6.16 Å². The Morgan fingerprint density at radius 1 is 0.646 bits per heavy atom. The van der Waals surface area contributed by atoms with Crippen LogP contribution in [-0.2, 0) is 31.9 Å². The number of aromatic nitrogens is 4. The molecule has 2 saturated heterocycles. The Hall–Kier alpha value is -8.19. The number of carbonyl (C=O) groups is 3. The molecular formula is C55H54F4N10O8S2. The number of nitrogens with zero attached hydrogens (tertiary/aromatic N) is 10. The van der Waals surface area contributed by atoms with Crippen LogP contribution in [0.3, 0.4) is 0 Å². The van der Waals surface area contributed by atoms with Crippen LogP contribution in [0.25, 0.3) is 21.8 Å². The van der Waals surface area contributed by atoms with Crippen molar-refractivity contribution in [2.75, 3.05) is 46.0 Å². The van der Waals surface area contributed by atoms with Crippen molar-refractivity contribution in [1.82, 2.24) is 19.9 Å². The minimum atomic E-state index is -2.91. The molecule has 0 aliphatic carbocycles. The molecule has 1 N–H and O–H groups in total. The van der Waals surface area contributed by atoms with Gasteiger partial charge in [0.15, 0.2) is 10.2 Å². The SMILES string of the molecule is CCc1nc(OCCO)c2cc(N3C(=S)N(c4ccc(C#N)c(C(F)F)c4)C(=O)C3(C)C)ccc2n1.CCc1nc(OCCOC(=O)OC(C)(C)C)c2cc(N3C(=S)N(c4ccc(C#N)c(C(F)F)c4)C(=O)C3(C)C)ccc2n1. The lowest BCUT2D eigenvalue weighted by molar-refractivity contribution is -0.121. The molecule has 0 bridgehead atoms. The number of carbonyl (C=O) groups excluding carboxylic acids is 3. The molecule has 4 aromatic carbocycles. The van der Waals surface area contributed by atoms with Gasteiger partial charge < -0.3 is 33.9 Å². The molecule has 2 aliphatic rings. The summed E-state index contributed by atoms with van der Waals surface area (Å²) in [5.74, 6) is 0.820. The fourth-order valence-electron chi connectivity index (χ4n) is 8.62. The van der Waals surface area contributed by atoms with Gasteiger partial charge in [-0.1, -0.05) is 13.8 Å². The molecule has 2 aromatic heterocycles. The number of alkyl halides is 4. The minimum absolute atomic E-state index is 0.0101. The average Bonchev–Trinajstić information content (AvgIpc) is 3.98. The van der Waals surface area contributed by atoms with Crippen molar-refractivity contribution in [3.8, 4) is 23.9 Å². The number of hydrogen-bond donors (Lipinski definition) is 1. The van der Waals surface area contributed by atoms with Gasteiger partial charge in [0.25, 0.3) is 24.7 Å². The molecule has 6 aromatic rings. The maximum atomic E-state index is 13.7. The number of benzene rings is 4. The van der Waals surface area contributed by atoms with Crippen molar-refractivity contribution in [3.05, 3.63) is 107 Å². The van der Waals surface area contributed by atoms with Crippen LogP contribution in [0.4, 0.5) is 45.1 Å². The second kappa shape index (κ2) is 23.4. The summed E-state index contributed by atoms with van der Waals surface area (Å²) in [4.78, 5) is 62.7. The van der Waals surface area contributed by atoms with Gasteiger partial charge in [0.1, 0.15) is 48.1 Å². The summed E-state index contributed by atoms with van der Waals surface area (Å²) >= 11 is 11.4. The van der Waals surface area contributed by atoms with Crippen molar-refractivity contribution in [2.45, 2.75) is 105 Å². The van der Waals surface area contributed by atoms with E-state index in [0.29, 0.717) is 63.6 Å². The van der Waals surface area contributed by atoms with Gasteiger partial charge in [-0.25, -0.2) is 32.3 Å². The summed E-state index contributed by atoms with van der Waals surface area (Å²) in [6.07, 6.45) is -5.49.